The second-order valence-corrected chi connectivity index (χ2v) is 6.64. The highest BCUT2D eigenvalue weighted by Gasteiger charge is 2.36. The van der Waals surface area contributed by atoms with Crippen molar-refractivity contribution in [3.63, 3.8) is 0 Å². The van der Waals surface area contributed by atoms with Gasteiger partial charge in [0.15, 0.2) is 0 Å². The van der Waals surface area contributed by atoms with Crippen LogP contribution in [0.15, 0.2) is 0 Å². The van der Waals surface area contributed by atoms with Crippen LogP contribution in [0.5, 0.6) is 0 Å². The molecule has 2 rings (SSSR count). The van der Waals surface area contributed by atoms with Crippen LogP contribution in [0, 0.1) is 5.92 Å². The Hall–Kier alpha value is 0.270. The minimum atomic E-state index is 0.417. The highest BCUT2D eigenvalue weighted by molar-refractivity contribution is 7.99. The highest BCUT2D eigenvalue weighted by Crippen LogP contribution is 2.28. The van der Waals surface area contributed by atoms with Gasteiger partial charge >= 0.3 is 0 Å². The van der Waals surface area contributed by atoms with E-state index in [1.165, 1.54) is 37.3 Å². The van der Waals surface area contributed by atoms with Crippen molar-refractivity contribution in [2.24, 2.45) is 5.92 Å². The van der Waals surface area contributed by atoms with E-state index in [0.29, 0.717) is 11.6 Å². The van der Waals surface area contributed by atoms with Crippen LogP contribution >= 0.6 is 11.8 Å². The van der Waals surface area contributed by atoms with Crippen LogP contribution in [-0.2, 0) is 0 Å². The van der Waals surface area contributed by atoms with Crippen LogP contribution < -0.4 is 10.6 Å². The summed E-state index contributed by atoms with van der Waals surface area (Å²) in [6.07, 6.45) is 4.05. The van der Waals surface area contributed by atoms with Crippen LogP contribution in [0.3, 0.4) is 0 Å². The third-order valence-corrected chi connectivity index (χ3v) is 4.78. The molecule has 0 aromatic heterocycles. The first-order valence-electron chi connectivity index (χ1n) is 6.26. The fourth-order valence-electron chi connectivity index (χ4n) is 2.84. The standard InChI is InChI=1S/C12H24N2S/c1-10(2)6-11-7-13-8-12(14-11)4-3-5-15-9-12/h10-11,13-14H,3-9H2,1-2H3/t11-,12?/m1/s1. The van der Waals surface area contributed by atoms with Gasteiger partial charge in [-0.15, -0.1) is 0 Å². The van der Waals surface area contributed by atoms with E-state index in [4.69, 9.17) is 0 Å². The largest absolute Gasteiger partial charge is 0.313 e. The van der Waals surface area contributed by atoms with Gasteiger partial charge < -0.3 is 10.6 Å². The van der Waals surface area contributed by atoms with Gasteiger partial charge in [0.25, 0.3) is 0 Å². The summed E-state index contributed by atoms with van der Waals surface area (Å²) in [5.74, 6) is 3.46. The predicted molar refractivity (Wildman–Crippen MR) is 68.5 cm³/mol. The van der Waals surface area contributed by atoms with Crippen molar-refractivity contribution in [3.8, 4) is 0 Å². The maximum absolute atomic E-state index is 3.92. The van der Waals surface area contributed by atoms with E-state index in [1.807, 2.05) is 0 Å². The summed E-state index contributed by atoms with van der Waals surface area (Å²) in [6, 6.07) is 0.692. The summed E-state index contributed by atoms with van der Waals surface area (Å²) in [5, 5.41) is 7.54. The first-order chi connectivity index (χ1) is 7.20. The molecule has 0 aromatic rings. The molecule has 0 amide bonds. The quantitative estimate of drug-likeness (QED) is 0.754. The average Bonchev–Trinajstić information content (AvgIpc) is 2.17. The molecule has 0 aromatic carbocycles. The van der Waals surface area contributed by atoms with Crippen LogP contribution in [0.2, 0.25) is 0 Å². The third kappa shape index (κ3) is 3.11. The van der Waals surface area contributed by atoms with E-state index in [0.717, 1.165) is 12.5 Å². The van der Waals surface area contributed by atoms with Gasteiger partial charge in [-0.3, -0.25) is 0 Å². The highest BCUT2D eigenvalue weighted by atomic mass is 32.2. The Morgan fingerprint density at radius 3 is 3.00 bits per heavy atom. The lowest BCUT2D eigenvalue weighted by molar-refractivity contribution is 0.212. The van der Waals surface area contributed by atoms with Gasteiger partial charge in [0.05, 0.1) is 0 Å². The molecule has 1 spiro atoms. The van der Waals surface area contributed by atoms with Crippen molar-refractivity contribution >= 4 is 11.8 Å². The topological polar surface area (TPSA) is 24.1 Å². The number of nitrogens with one attached hydrogen (secondary N) is 2. The first-order valence-corrected chi connectivity index (χ1v) is 7.42. The Kier molecular flexibility index (Phi) is 3.97. The van der Waals surface area contributed by atoms with Crippen molar-refractivity contribution in [2.45, 2.75) is 44.7 Å². The second kappa shape index (κ2) is 5.07. The zero-order chi connectivity index (χ0) is 10.7. The van der Waals surface area contributed by atoms with E-state index in [2.05, 4.69) is 36.2 Å². The van der Waals surface area contributed by atoms with Gasteiger partial charge in [-0.1, -0.05) is 13.8 Å². The molecule has 88 valence electrons. The Morgan fingerprint density at radius 1 is 1.47 bits per heavy atom. The number of piperazine rings is 1. The molecule has 0 saturated carbocycles. The fraction of sp³-hybridized carbons (Fsp3) is 1.00. The van der Waals surface area contributed by atoms with E-state index in [9.17, 15) is 0 Å². The van der Waals surface area contributed by atoms with E-state index >= 15 is 0 Å². The molecular formula is C12H24N2S. The number of thioether (sulfide) groups is 1. The third-order valence-electron chi connectivity index (χ3n) is 3.44. The molecule has 15 heavy (non-hydrogen) atoms. The molecule has 2 fully saturated rings. The Labute approximate surface area is 98.0 Å². The normalized spacial score (nSPS) is 37.4. The van der Waals surface area contributed by atoms with Gasteiger partial charge in [0.1, 0.15) is 0 Å². The SMILES string of the molecule is CC(C)C[C@@H]1CNCC2(CCCSC2)N1. The van der Waals surface area contributed by atoms with Gasteiger partial charge in [-0.2, -0.15) is 11.8 Å². The molecule has 2 nitrogen and oxygen atoms in total. The molecule has 0 radical (unpaired) electrons. The van der Waals surface area contributed by atoms with Gasteiger partial charge in [-0.25, -0.2) is 0 Å². The maximum Gasteiger partial charge on any atom is 0.0400 e. The average molecular weight is 228 g/mol. The molecular weight excluding hydrogens is 204 g/mol. The lowest BCUT2D eigenvalue weighted by Crippen LogP contribution is -2.66. The zero-order valence-corrected chi connectivity index (χ0v) is 10.8. The van der Waals surface area contributed by atoms with Gasteiger partial charge in [0.2, 0.25) is 0 Å². The summed E-state index contributed by atoms with van der Waals surface area (Å²) < 4.78 is 0. The lowest BCUT2D eigenvalue weighted by Gasteiger charge is -2.45. The zero-order valence-electron chi connectivity index (χ0n) is 10.0. The molecule has 2 aliphatic heterocycles. The molecule has 0 aliphatic carbocycles. The molecule has 1 unspecified atom stereocenters. The molecule has 3 heteroatoms. The van der Waals surface area contributed by atoms with E-state index in [-0.39, 0.29) is 0 Å². The van der Waals surface area contributed by atoms with Gasteiger partial charge in [0, 0.05) is 30.4 Å². The predicted octanol–water partition coefficient (Wildman–Crippen LogP) is 1.86. The fourth-order valence-corrected chi connectivity index (χ4v) is 4.05. The number of hydrogen-bond acceptors (Lipinski definition) is 3. The molecule has 2 atom stereocenters. The lowest BCUT2D eigenvalue weighted by atomic mass is 9.89. The van der Waals surface area contributed by atoms with Crippen molar-refractivity contribution < 1.29 is 0 Å². The van der Waals surface area contributed by atoms with Crippen molar-refractivity contribution in [1.29, 1.82) is 0 Å². The molecule has 2 N–H and O–H groups in total. The van der Waals surface area contributed by atoms with Crippen molar-refractivity contribution in [1.82, 2.24) is 10.6 Å². The summed E-state index contributed by atoms with van der Waals surface area (Å²) >= 11 is 2.12. The summed E-state index contributed by atoms with van der Waals surface area (Å²) in [7, 11) is 0. The second-order valence-electron chi connectivity index (χ2n) is 5.54. The molecule has 2 saturated heterocycles. The van der Waals surface area contributed by atoms with Crippen molar-refractivity contribution in [2.75, 3.05) is 24.6 Å². The molecule has 0 bridgehead atoms. The summed E-state index contributed by atoms with van der Waals surface area (Å²) in [4.78, 5) is 0. The smallest absolute Gasteiger partial charge is 0.0400 e. The Bertz CT molecular complexity index is 194. The summed E-state index contributed by atoms with van der Waals surface area (Å²) in [6.45, 7) is 6.97. The maximum atomic E-state index is 3.92. The number of rotatable bonds is 2. The summed E-state index contributed by atoms with van der Waals surface area (Å²) in [5.41, 5.74) is 0.417. The van der Waals surface area contributed by atoms with Crippen molar-refractivity contribution in [3.05, 3.63) is 0 Å². The first kappa shape index (κ1) is 11.7. The Morgan fingerprint density at radius 2 is 2.33 bits per heavy atom. The minimum Gasteiger partial charge on any atom is -0.313 e. The van der Waals surface area contributed by atoms with Gasteiger partial charge in [-0.05, 0) is 30.9 Å². The molecule has 2 aliphatic rings. The van der Waals surface area contributed by atoms with Crippen LogP contribution in [0.25, 0.3) is 0 Å². The van der Waals surface area contributed by atoms with E-state index < -0.39 is 0 Å². The minimum absolute atomic E-state index is 0.417. The van der Waals surface area contributed by atoms with Crippen LogP contribution in [-0.4, -0.2) is 36.2 Å². The molecule has 2 heterocycles. The Balaban J connectivity index is 1.90. The number of hydrogen-bond donors (Lipinski definition) is 2. The van der Waals surface area contributed by atoms with Crippen LogP contribution in [0.4, 0.5) is 0 Å². The monoisotopic (exact) mass is 228 g/mol. The van der Waals surface area contributed by atoms with E-state index in [1.54, 1.807) is 0 Å². The van der Waals surface area contributed by atoms with Crippen LogP contribution in [0.1, 0.15) is 33.1 Å².